The molecule has 1 nitrogen and oxygen atoms in total. The Balaban J connectivity index is 1.83. The van der Waals surface area contributed by atoms with E-state index in [2.05, 4.69) is 35.2 Å². The number of rotatable bonds is 5. The highest BCUT2D eigenvalue weighted by atomic mass is 32.9. The maximum absolute atomic E-state index is 5.77. The second-order valence-corrected chi connectivity index (χ2v) is 10.2. The summed E-state index contributed by atoms with van der Waals surface area (Å²) in [7, 11) is 0. The molecular formula is C11H13OPS3. The van der Waals surface area contributed by atoms with Crippen LogP contribution in [0.25, 0.3) is 0 Å². The molecule has 1 unspecified atom stereocenters. The zero-order chi connectivity index (χ0) is 11.4. The number of hydrogen-bond acceptors (Lipinski definition) is 3. The SMILES string of the molecule is S=P(S)(OCCc1ccsc1)C1=CC=CC1. The molecule has 1 heterocycles. The summed E-state index contributed by atoms with van der Waals surface area (Å²) in [6.07, 6.45) is 7.98. The van der Waals surface area contributed by atoms with Crippen molar-refractivity contribution in [3.63, 3.8) is 0 Å². The van der Waals surface area contributed by atoms with Crippen LogP contribution >= 0.6 is 29.1 Å². The zero-order valence-corrected chi connectivity index (χ0v) is 12.1. The van der Waals surface area contributed by atoms with Crippen LogP contribution in [0.2, 0.25) is 0 Å². The van der Waals surface area contributed by atoms with Crippen molar-refractivity contribution in [3.8, 4) is 0 Å². The molecule has 5 heteroatoms. The minimum absolute atomic E-state index is 0.662. The van der Waals surface area contributed by atoms with Gasteiger partial charge in [-0.05, 0) is 35.2 Å². The van der Waals surface area contributed by atoms with Crippen LogP contribution in [0.15, 0.2) is 40.4 Å². The summed E-state index contributed by atoms with van der Waals surface area (Å²) < 4.78 is 5.77. The van der Waals surface area contributed by atoms with Gasteiger partial charge in [0.25, 0.3) is 0 Å². The average Bonchev–Trinajstić information content (AvgIpc) is 2.90. The monoisotopic (exact) mass is 288 g/mol. The summed E-state index contributed by atoms with van der Waals surface area (Å²) in [6, 6.07) is 2.12. The van der Waals surface area contributed by atoms with Crippen LogP contribution < -0.4 is 0 Å². The molecule has 0 amide bonds. The molecule has 1 atom stereocenters. The molecule has 16 heavy (non-hydrogen) atoms. The molecule has 0 radical (unpaired) electrons. The molecule has 0 spiro atoms. The molecule has 1 aromatic rings. The van der Waals surface area contributed by atoms with Gasteiger partial charge in [-0.25, -0.2) is 0 Å². The molecule has 0 saturated heterocycles. The summed E-state index contributed by atoms with van der Waals surface area (Å²) >= 11 is 11.7. The molecule has 0 saturated carbocycles. The van der Waals surface area contributed by atoms with Gasteiger partial charge in [0.2, 0.25) is 0 Å². The predicted octanol–water partition coefficient (Wildman–Crippen LogP) is 4.39. The van der Waals surface area contributed by atoms with E-state index >= 15 is 0 Å². The minimum atomic E-state index is -2.03. The van der Waals surface area contributed by atoms with E-state index in [0.717, 1.165) is 18.2 Å². The summed E-state index contributed by atoms with van der Waals surface area (Å²) in [4.78, 5) is 0. The van der Waals surface area contributed by atoms with Crippen molar-refractivity contribution >= 4 is 40.9 Å². The normalized spacial score (nSPS) is 18.4. The first-order valence-corrected chi connectivity index (χ1v) is 9.85. The lowest BCUT2D eigenvalue weighted by Crippen LogP contribution is -1.94. The first-order chi connectivity index (χ1) is 7.68. The summed E-state index contributed by atoms with van der Waals surface area (Å²) in [5.41, 5.74) is -0.717. The van der Waals surface area contributed by atoms with Gasteiger partial charge in [-0.15, -0.1) is 12.2 Å². The third-order valence-electron chi connectivity index (χ3n) is 2.35. The third kappa shape index (κ3) is 3.31. The Morgan fingerprint density at radius 2 is 2.44 bits per heavy atom. The van der Waals surface area contributed by atoms with Gasteiger partial charge >= 0.3 is 0 Å². The second kappa shape index (κ2) is 5.65. The van der Waals surface area contributed by atoms with Gasteiger partial charge in [-0.2, -0.15) is 11.3 Å². The van der Waals surface area contributed by atoms with Crippen molar-refractivity contribution in [1.82, 2.24) is 0 Å². The van der Waals surface area contributed by atoms with Crippen LogP contribution in [0.5, 0.6) is 0 Å². The molecule has 0 fully saturated rings. The number of hydrogen-bond donors (Lipinski definition) is 1. The fourth-order valence-corrected chi connectivity index (χ4v) is 4.59. The maximum Gasteiger partial charge on any atom is 0.142 e. The topological polar surface area (TPSA) is 9.23 Å². The van der Waals surface area contributed by atoms with Crippen LogP contribution in [0.3, 0.4) is 0 Å². The van der Waals surface area contributed by atoms with E-state index in [1.54, 1.807) is 11.3 Å². The van der Waals surface area contributed by atoms with Gasteiger partial charge in [0.05, 0.1) is 6.61 Å². The molecule has 86 valence electrons. The second-order valence-electron chi connectivity index (χ2n) is 3.53. The van der Waals surface area contributed by atoms with Crippen molar-refractivity contribution < 1.29 is 4.52 Å². The van der Waals surface area contributed by atoms with Gasteiger partial charge in [0.1, 0.15) is 5.47 Å². The average molecular weight is 288 g/mol. The van der Waals surface area contributed by atoms with Crippen molar-refractivity contribution in [2.24, 2.45) is 0 Å². The lowest BCUT2D eigenvalue weighted by Gasteiger charge is -2.17. The Morgan fingerprint density at radius 3 is 3.06 bits per heavy atom. The summed E-state index contributed by atoms with van der Waals surface area (Å²) in [5.74, 6) is 0. The van der Waals surface area contributed by atoms with Crippen LogP contribution in [-0.2, 0) is 22.8 Å². The van der Waals surface area contributed by atoms with E-state index in [1.807, 2.05) is 12.2 Å². The quantitative estimate of drug-likeness (QED) is 0.635. The zero-order valence-electron chi connectivity index (χ0n) is 8.70. The van der Waals surface area contributed by atoms with Gasteiger partial charge in [0.15, 0.2) is 0 Å². The number of thiol groups is 1. The number of allylic oxidation sites excluding steroid dienone is 4. The van der Waals surface area contributed by atoms with Gasteiger partial charge < -0.3 is 4.52 Å². The van der Waals surface area contributed by atoms with E-state index in [0.29, 0.717) is 6.61 Å². The third-order valence-corrected chi connectivity index (χ3v) is 6.81. The predicted molar refractivity (Wildman–Crippen MR) is 79.1 cm³/mol. The van der Waals surface area contributed by atoms with Crippen LogP contribution in [0.1, 0.15) is 12.0 Å². The van der Waals surface area contributed by atoms with Gasteiger partial charge in [-0.1, -0.05) is 30.0 Å². The standard InChI is InChI=1S/C11H13OPS3/c14-13(15,11-3-1-2-4-11)12-7-5-10-6-8-16-9-10/h1-3,6,8-9H,4-5,7H2,(H,14,15). The Kier molecular flexibility index (Phi) is 4.45. The van der Waals surface area contributed by atoms with Gasteiger partial charge in [0, 0.05) is 5.31 Å². The summed E-state index contributed by atoms with van der Waals surface area (Å²) in [6.45, 7) is 0.662. The van der Waals surface area contributed by atoms with Crippen LogP contribution in [0, 0.1) is 0 Å². The molecule has 0 aromatic carbocycles. The molecular weight excluding hydrogens is 275 g/mol. The molecule has 1 aliphatic rings. The minimum Gasteiger partial charge on any atom is -0.338 e. The van der Waals surface area contributed by atoms with E-state index in [-0.39, 0.29) is 0 Å². The number of thiophene rings is 1. The Labute approximate surface area is 110 Å². The smallest absolute Gasteiger partial charge is 0.142 e. The fourth-order valence-electron chi connectivity index (χ4n) is 1.45. The molecule has 1 aromatic heterocycles. The van der Waals surface area contributed by atoms with E-state index in [4.69, 9.17) is 16.3 Å². The van der Waals surface area contributed by atoms with Crippen molar-refractivity contribution in [2.45, 2.75) is 12.8 Å². The Morgan fingerprint density at radius 1 is 1.56 bits per heavy atom. The molecule has 2 rings (SSSR count). The lowest BCUT2D eigenvalue weighted by atomic mass is 10.3. The molecule has 0 bridgehead atoms. The van der Waals surface area contributed by atoms with Crippen molar-refractivity contribution in [1.29, 1.82) is 0 Å². The fraction of sp³-hybridized carbons (Fsp3) is 0.273. The lowest BCUT2D eigenvalue weighted by molar-refractivity contribution is 0.366. The first kappa shape index (κ1) is 12.6. The largest absolute Gasteiger partial charge is 0.338 e. The summed E-state index contributed by atoms with van der Waals surface area (Å²) in [5, 5.41) is 5.38. The highest BCUT2D eigenvalue weighted by Crippen LogP contribution is 2.61. The molecule has 1 aliphatic carbocycles. The van der Waals surface area contributed by atoms with Crippen LogP contribution in [0.4, 0.5) is 0 Å². The van der Waals surface area contributed by atoms with Crippen molar-refractivity contribution in [3.05, 3.63) is 45.9 Å². The highest BCUT2D eigenvalue weighted by Gasteiger charge is 2.18. The first-order valence-electron chi connectivity index (χ1n) is 5.03. The van der Waals surface area contributed by atoms with Crippen molar-refractivity contribution in [2.75, 3.05) is 6.61 Å². The van der Waals surface area contributed by atoms with E-state index < -0.39 is 5.47 Å². The van der Waals surface area contributed by atoms with E-state index in [9.17, 15) is 0 Å². The Hall–Kier alpha value is 0.140. The van der Waals surface area contributed by atoms with Crippen LogP contribution in [-0.4, -0.2) is 6.61 Å². The molecule has 0 aliphatic heterocycles. The van der Waals surface area contributed by atoms with E-state index in [1.165, 1.54) is 5.56 Å². The maximum atomic E-state index is 5.77. The molecule has 0 N–H and O–H groups in total. The highest BCUT2D eigenvalue weighted by molar-refractivity contribution is 8.63. The van der Waals surface area contributed by atoms with Gasteiger partial charge in [-0.3, -0.25) is 0 Å². The Bertz CT molecular complexity index is 448.